The maximum atomic E-state index is 12.0. The van der Waals surface area contributed by atoms with E-state index in [1.54, 1.807) is 26.3 Å². The van der Waals surface area contributed by atoms with Crippen molar-refractivity contribution in [3.63, 3.8) is 0 Å². The number of methoxy groups -OCH3 is 1. The van der Waals surface area contributed by atoms with Crippen LogP contribution in [0.1, 0.15) is 16.1 Å². The van der Waals surface area contributed by atoms with E-state index in [1.165, 1.54) is 12.4 Å². The third kappa shape index (κ3) is 3.03. The zero-order valence-corrected chi connectivity index (χ0v) is 11.6. The first-order chi connectivity index (χ1) is 9.63. The minimum absolute atomic E-state index is 0.262. The number of aromatic nitrogens is 2. The number of amides is 1. The number of anilines is 2. The summed E-state index contributed by atoms with van der Waals surface area (Å²) in [5.41, 5.74) is 1.90. The molecule has 0 radical (unpaired) electrons. The van der Waals surface area contributed by atoms with Gasteiger partial charge < -0.3 is 15.4 Å². The van der Waals surface area contributed by atoms with Crippen LogP contribution in [0.4, 0.5) is 11.5 Å². The van der Waals surface area contributed by atoms with Gasteiger partial charge in [-0.15, -0.1) is 0 Å². The summed E-state index contributed by atoms with van der Waals surface area (Å²) in [6.45, 7) is 1.91. The molecule has 0 aliphatic rings. The average molecular weight is 272 g/mol. The van der Waals surface area contributed by atoms with E-state index in [-0.39, 0.29) is 11.6 Å². The van der Waals surface area contributed by atoms with Crippen molar-refractivity contribution >= 4 is 17.4 Å². The number of nitrogens with one attached hydrogen (secondary N) is 2. The van der Waals surface area contributed by atoms with Crippen molar-refractivity contribution in [2.24, 2.45) is 0 Å². The summed E-state index contributed by atoms with van der Waals surface area (Å²) in [5, 5.41) is 5.61. The van der Waals surface area contributed by atoms with Gasteiger partial charge in [0.1, 0.15) is 17.3 Å². The van der Waals surface area contributed by atoms with Crippen LogP contribution in [0.25, 0.3) is 0 Å². The number of aryl methyl sites for hydroxylation is 1. The van der Waals surface area contributed by atoms with Crippen LogP contribution >= 0.6 is 0 Å². The van der Waals surface area contributed by atoms with Crippen LogP contribution in [0, 0.1) is 6.92 Å². The summed E-state index contributed by atoms with van der Waals surface area (Å²) in [7, 11) is 3.35. The molecule has 1 heterocycles. The van der Waals surface area contributed by atoms with Gasteiger partial charge in [0, 0.05) is 12.7 Å². The van der Waals surface area contributed by atoms with Gasteiger partial charge in [0.25, 0.3) is 5.91 Å². The molecule has 6 heteroatoms. The number of hydrogen-bond donors (Lipinski definition) is 2. The second kappa shape index (κ2) is 6.01. The summed E-state index contributed by atoms with van der Waals surface area (Å²) < 4.78 is 5.17. The molecule has 2 N–H and O–H groups in total. The Morgan fingerprint density at radius 1 is 1.25 bits per heavy atom. The molecular weight excluding hydrogens is 256 g/mol. The minimum Gasteiger partial charge on any atom is -0.496 e. The highest BCUT2D eigenvalue weighted by Crippen LogP contribution is 2.21. The van der Waals surface area contributed by atoms with E-state index in [0.717, 1.165) is 11.3 Å². The Balaban J connectivity index is 2.12. The Morgan fingerprint density at radius 3 is 2.60 bits per heavy atom. The van der Waals surface area contributed by atoms with Crippen LogP contribution in [-0.4, -0.2) is 30.0 Å². The molecule has 1 aromatic heterocycles. The molecule has 2 aromatic rings. The van der Waals surface area contributed by atoms with E-state index in [4.69, 9.17) is 4.74 Å². The Hall–Kier alpha value is -2.63. The van der Waals surface area contributed by atoms with Gasteiger partial charge in [-0.2, -0.15) is 0 Å². The highest BCUT2D eigenvalue weighted by Gasteiger charge is 2.09. The summed E-state index contributed by atoms with van der Waals surface area (Å²) >= 11 is 0. The Bertz CT molecular complexity index is 611. The van der Waals surface area contributed by atoms with Gasteiger partial charge in [0.2, 0.25) is 0 Å². The van der Waals surface area contributed by atoms with Crippen molar-refractivity contribution in [1.29, 1.82) is 0 Å². The highest BCUT2D eigenvalue weighted by atomic mass is 16.5. The Kier molecular flexibility index (Phi) is 4.14. The molecule has 0 saturated heterocycles. The number of ether oxygens (including phenoxy) is 1. The number of nitrogens with zero attached hydrogens (tertiary/aromatic N) is 2. The number of carbonyl (C=O) groups is 1. The lowest BCUT2D eigenvalue weighted by atomic mass is 10.2. The molecule has 0 saturated carbocycles. The molecule has 0 aliphatic carbocycles. The lowest BCUT2D eigenvalue weighted by molar-refractivity contribution is 0.102. The molecule has 104 valence electrons. The highest BCUT2D eigenvalue weighted by molar-refractivity contribution is 6.02. The molecular formula is C14H16N4O2. The average Bonchev–Trinajstić information content (AvgIpc) is 2.47. The standard InChI is InChI=1S/C14H16N4O2/c1-9-6-10(4-5-12(9)20-3)18-14(19)11-7-17-13(15-2)8-16-11/h4-8H,1-3H3,(H,15,17)(H,18,19). The monoisotopic (exact) mass is 272 g/mol. The van der Waals surface area contributed by atoms with Gasteiger partial charge in [-0.25, -0.2) is 9.97 Å². The maximum Gasteiger partial charge on any atom is 0.275 e. The summed E-state index contributed by atoms with van der Waals surface area (Å²) in [6, 6.07) is 5.42. The van der Waals surface area contributed by atoms with E-state index >= 15 is 0 Å². The van der Waals surface area contributed by atoms with Crippen molar-refractivity contribution in [2.75, 3.05) is 24.8 Å². The number of rotatable bonds is 4. The quantitative estimate of drug-likeness (QED) is 0.891. The number of hydrogen-bond acceptors (Lipinski definition) is 5. The zero-order chi connectivity index (χ0) is 14.5. The van der Waals surface area contributed by atoms with E-state index in [0.29, 0.717) is 11.5 Å². The van der Waals surface area contributed by atoms with Crippen molar-refractivity contribution in [3.8, 4) is 5.75 Å². The fourth-order valence-electron chi connectivity index (χ4n) is 1.73. The van der Waals surface area contributed by atoms with Gasteiger partial charge >= 0.3 is 0 Å². The van der Waals surface area contributed by atoms with Crippen LogP contribution in [0.2, 0.25) is 0 Å². The van der Waals surface area contributed by atoms with E-state index in [9.17, 15) is 4.79 Å². The smallest absolute Gasteiger partial charge is 0.275 e. The Labute approximate surface area is 117 Å². The predicted molar refractivity (Wildman–Crippen MR) is 77.3 cm³/mol. The molecule has 20 heavy (non-hydrogen) atoms. The fraction of sp³-hybridized carbons (Fsp3) is 0.214. The molecule has 0 spiro atoms. The van der Waals surface area contributed by atoms with Gasteiger partial charge in [-0.05, 0) is 30.7 Å². The fourth-order valence-corrected chi connectivity index (χ4v) is 1.73. The molecule has 1 aromatic carbocycles. The first kappa shape index (κ1) is 13.8. The van der Waals surface area contributed by atoms with Gasteiger partial charge in [-0.1, -0.05) is 0 Å². The first-order valence-corrected chi connectivity index (χ1v) is 6.10. The zero-order valence-electron chi connectivity index (χ0n) is 11.6. The summed E-state index contributed by atoms with van der Waals surface area (Å²) in [4.78, 5) is 20.1. The van der Waals surface area contributed by atoms with Gasteiger partial charge in [-0.3, -0.25) is 4.79 Å². The van der Waals surface area contributed by atoms with Crippen molar-refractivity contribution < 1.29 is 9.53 Å². The van der Waals surface area contributed by atoms with Crippen LogP contribution in [-0.2, 0) is 0 Å². The third-order valence-electron chi connectivity index (χ3n) is 2.79. The topological polar surface area (TPSA) is 76.1 Å². The summed E-state index contributed by atoms with van der Waals surface area (Å²) in [6.07, 6.45) is 2.94. The molecule has 0 bridgehead atoms. The second-order valence-electron chi connectivity index (χ2n) is 4.18. The van der Waals surface area contributed by atoms with Crippen LogP contribution < -0.4 is 15.4 Å². The van der Waals surface area contributed by atoms with Crippen molar-refractivity contribution in [2.45, 2.75) is 6.92 Å². The van der Waals surface area contributed by atoms with E-state index in [2.05, 4.69) is 20.6 Å². The van der Waals surface area contributed by atoms with E-state index in [1.807, 2.05) is 13.0 Å². The van der Waals surface area contributed by atoms with E-state index < -0.39 is 0 Å². The van der Waals surface area contributed by atoms with Crippen LogP contribution in [0.3, 0.4) is 0 Å². The van der Waals surface area contributed by atoms with Crippen molar-refractivity contribution in [1.82, 2.24) is 9.97 Å². The molecule has 0 unspecified atom stereocenters. The van der Waals surface area contributed by atoms with Crippen LogP contribution in [0.15, 0.2) is 30.6 Å². The summed E-state index contributed by atoms with van der Waals surface area (Å²) in [5.74, 6) is 1.09. The van der Waals surface area contributed by atoms with Crippen LogP contribution in [0.5, 0.6) is 5.75 Å². The van der Waals surface area contributed by atoms with Crippen molar-refractivity contribution in [3.05, 3.63) is 41.9 Å². The molecule has 1 amide bonds. The largest absolute Gasteiger partial charge is 0.496 e. The van der Waals surface area contributed by atoms with Gasteiger partial charge in [0.05, 0.1) is 19.5 Å². The number of carbonyl (C=O) groups excluding carboxylic acids is 1. The number of benzene rings is 1. The third-order valence-corrected chi connectivity index (χ3v) is 2.79. The first-order valence-electron chi connectivity index (χ1n) is 6.10. The molecule has 6 nitrogen and oxygen atoms in total. The molecule has 0 aliphatic heterocycles. The maximum absolute atomic E-state index is 12.0. The minimum atomic E-state index is -0.301. The van der Waals surface area contributed by atoms with Gasteiger partial charge in [0.15, 0.2) is 0 Å². The Morgan fingerprint density at radius 2 is 2.05 bits per heavy atom. The lowest BCUT2D eigenvalue weighted by Crippen LogP contribution is -2.14. The molecule has 0 fully saturated rings. The molecule has 2 rings (SSSR count). The lowest BCUT2D eigenvalue weighted by Gasteiger charge is -2.08. The SMILES string of the molecule is CNc1cnc(C(=O)Nc2ccc(OC)c(C)c2)cn1. The second-order valence-corrected chi connectivity index (χ2v) is 4.18. The predicted octanol–water partition coefficient (Wildman–Crippen LogP) is 2.09. The normalized spacial score (nSPS) is 9.95. The molecule has 0 atom stereocenters.